The standard InChI is InChI=1S/C40H48N2O2/c1-41(2)39-25-35(43)37(21-7-5-9-33(37)39)23-31(39)29-17-13-27(14-18-29)11-12-28-15-19-30(20-16-28)32-24-38-22-8-6-10-34(38)40(32,42(3)4)26-36(38)44/h13-20,23-24,33-34H,5-12,21-22,25-26H2,1-4H3/t33-,34-,37-,38-,39-,40-/m0/s1. The molecule has 0 N–H and O–H groups in total. The molecular formula is C40H48N2O2. The first kappa shape index (κ1) is 28.6. The van der Waals surface area contributed by atoms with E-state index in [0.29, 0.717) is 36.2 Å². The van der Waals surface area contributed by atoms with Gasteiger partial charge in [0.1, 0.15) is 11.6 Å². The van der Waals surface area contributed by atoms with Gasteiger partial charge in [-0.05, 0) is 112 Å². The molecule has 0 saturated heterocycles. The first-order valence-corrected chi connectivity index (χ1v) is 17.2. The average Bonchev–Trinajstić information content (AvgIpc) is 3.68. The van der Waals surface area contributed by atoms with Gasteiger partial charge >= 0.3 is 0 Å². The highest BCUT2D eigenvalue weighted by Gasteiger charge is 2.69. The number of hydrogen-bond acceptors (Lipinski definition) is 4. The van der Waals surface area contributed by atoms with Crippen molar-refractivity contribution in [2.45, 2.75) is 88.1 Å². The van der Waals surface area contributed by atoms with E-state index in [1.165, 1.54) is 59.1 Å². The summed E-state index contributed by atoms with van der Waals surface area (Å²) in [4.78, 5) is 31.3. The minimum Gasteiger partial charge on any atom is -0.299 e. The zero-order chi connectivity index (χ0) is 30.5. The molecule has 0 amide bonds. The van der Waals surface area contributed by atoms with E-state index in [0.717, 1.165) is 38.5 Å². The summed E-state index contributed by atoms with van der Waals surface area (Å²) in [5.74, 6) is 1.80. The van der Waals surface area contributed by atoms with Gasteiger partial charge in [-0.2, -0.15) is 0 Å². The summed E-state index contributed by atoms with van der Waals surface area (Å²) >= 11 is 0. The lowest BCUT2D eigenvalue weighted by Gasteiger charge is -2.43. The zero-order valence-electron chi connectivity index (χ0n) is 27.1. The third kappa shape index (κ3) is 3.59. The first-order valence-electron chi connectivity index (χ1n) is 17.2. The van der Waals surface area contributed by atoms with Crippen molar-refractivity contribution in [3.05, 3.63) is 82.9 Å². The van der Waals surface area contributed by atoms with E-state index >= 15 is 0 Å². The predicted molar refractivity (Wildman–Crippen MR) is 177 cm³/mol. The molecule has 0 spiro atoms. The number of benzene rings is 2. The predicted octanol–water partition coefficient (Wildman–Crippen LogP) is 7.17. The molecule has 230 valence electrons. The molecule has 2 aromatic rings. The fourth-order valence-electron chi connectivity index (χ4n) is 11.4. The molecular weight excluding hydrogens is 540 g/mol. The molecule has 0 heterocycles. The lowest BCUT2D eigenvalue weighted by Crippen LogP contribution is -2.48. The maximum Gasteiger partial charge on any atom is 0.145 e. The van der Waals surface area contributed by atoms with E-state index in [-0.39, 0.29) is 21.9 Å². The van der Waals surface area contributed by atoms with Crippen LogP contribution in [-0.2, 0) is 22.4 Å². The quantitative estimate of drug-likeness (QED) is 0.344. The molecule has 6 aliphatic rings. The highest BCUT2D eigenvalue weighted by Crippen LogP contribution is 2.68. The third-order valence-electron chi connectivity index (χ3n) is 13.5. The van der Waals surface area contributed by atoms with Crippen LogP contribution in [0.2, 0.25) is 0 Å². The molecule has 2 aromatic carbocycles. The number of carbonyl (C=O) groups excluding carboxylic acids is 2. The minimum absolute atomic E-state index is 0.148. The summed E-state index contributed by atoms with van der Waals surface area (Å²) in [6, 6.07) is 18.5. The summed E-state index contributed by atoms with van der Waals surface area (Å²) in [6.45, 7) is 0. The van der Waals surface area contributed by atoms with Crippen LogP contribution in [0.1, 0.15) is 86.5 Å². The largest absolute Gasteiger partial charge is 0.299 e. The van der Waals surface area contributed by atoms with Crippen molar-refractivity contribution in [1.29, 1.82) is 0 Å². The normalized spacial score (nSPS) is 37.0. The second kappa shape index (κ2) is 9.84. The van der Waals surface area contributed by atoms with E-state index in [1.807, 2.05) is 0 Å². The van der Waals surface area contributed by atoms with Crippen LogP contribution in [0.4, 0.5) is 0 Å². The van der Waals surface area contributed by atoms with Gasteiger partial charge in [0.05, 0.1) is 21.9 Å². The van der Waals surface area contributed by atoms with Crippen molar-refractivity contribution in [1.82, 2.24) is 9.80 Å². The number of Topliss-reactive ketones (excluding diaryl/α,β-unsaturated/α-hetero) is 2. The Labute approximate surface area is 263 Å². The molecule has 8 rings (SSSR count). The van der Waals surface area contributed by atoms with Crippen molar-refractivity contribution in [3.8, 4) is 0 Å². The van der Waals surface area contributed by atoms with Gasteiger partial charge in [-0.3, -0.25) is 19.4 Å². The molecule has 0 radical (unpaired) electrons. The van der Waals surface area contributed by atoms with Crippen LogP contribution in [0, 0.1) is 22.7 Å². The van der Waals surface area contributed by atoms with Gasteiger partial charge in [-0.25, -0.2) is 0 Å². The monoisotopic (exact) mass is 588 g/mol. The molecule has 4 nitrogen and oxygen atoms in total. The number of hydrogen-bond donors (Lipinski definition) is 0. The summed E-state index contributed by atoms with van der Waals surface area (Å²) in [6.07, 6.45) is 17.3. The molecule has 4 fully saturated rings. The van der Waals surface area contributed by atoms with Crippen LogP contribution in [0.25, 0.3) is 11.1 Å². The molecule has 4 heteroatoms. The molecule has 6 aliphatic carbocycles. The van der Waals surface area contributed by atoms with Crippen LogP contribution in [0.5, 0.6) is 0 Å². The smallest absolute Gasteiger partial charge is 0.145 e. The van der Waals surface area contributed by atoms with Gasteiger partial charge < -0.3 is 0 Å². The number of allylic oxidation sites excluding steroid dienone is 2. The van der Waals surface area contributed by atoms with Crippen LogP contribution in [0.15, 0.2) is 60.7 Å². The summed E-state index contributed by atoms with van der Waals surface area (Å²) in [5.41, 5.74) is 7.33. The summed E-state index contributed by atoms with van der Waals surface area (Å²) in [7, 11) is 8.71. The minimum atomic E-state index is -0.226. The number of carbonyl (C=O) groups is 2. The van der Waals surface area contributed by atoms with E-state index in [9.17, 15) is 9.59 Å². The summed E-state index contributed by atoms with van der Waals surface area (Å²) in [5, 5.41) is 0. The molecule has 0 unspecified atom stereocenters. The van der Waals surface area contributed by atoms with Crippen LogP contribution in [0.3, 0.4) is 0 Å². The third-order valence-corrected chi connectivity index (χ3v) is 13.5. The Bertz CT molecular complexity index is 1460. The number of nitrogens with zero attached hydrogens (tertiary/aromatic N) is 2. The van der Waals surface area contributed by atoms with Crippen molar-refractivity contribution in [2.24, 2.45) is 22.7 Å². The van der Waals surface area contributed by atoms with Gasteiger partial charge in [0.2, 0.25) is 0 Å². The number of rotatable bonds is 7. The molecule has 6 atom stereocenters. The maximum atomic E-state index is 13.3. The van der Waals surface area contributed by atoms with Crippen molar-refractivity contribution in [3.63, 3.8) is 0 Å². The van der Waals surface area contributed by atoms with Crippen LogP contribution >= 0.6 is 0 Å². The Balaban J connectivity index is 0.993. The fraction of sp³-hybridized carbons (Fsp3) is 0.550. The molecule has 44 heavy (non-hydrogen) atoms. The number of ketones is 2. The highest BCUT2D eigenvalue weighted by molar-refractivity contribution is 6.02. The van der Waals surface area contributed by atoms with E-state index in [4.69, 9.17) is 0 Å². The van der Waals surface area contributed by atoms with Gasteiger partial charge in [0.15, 0.2) is 0 Å². The van der Waals surface area contributed by atoms with Crippen molar-refractivity contribution in [2.75, 3.05) is 28.2 Å². The van der Waals surface area contributed by atoms with Gasteiger partial charge in [0, 0.05) is 12.8 Å². The molecule has 4 bridgehead atoms. The van der Waals surface area contributed by atoms with Crippen molar-refractivity contribution < 1.29 is 9.59 Å². The van der Waals surface area contributed by atoms with E-state index < -0.39 is 0 Å². The lowest BCUT2D eigenvalue weighted by molar-refractivity contribution is -0.126. The van der Waals surface area contributed by atoms with Crippen LogP contribution in [-0.4, -0.2) is 60.6 Å². The lowest BCUT2D eigenvalue weighted by atomic mass is 9.68. The Morgan fingerprint density at radius 1 is 0.591 bits per heavy atom. The average molecular weight is 589 g/mol. The maximum absolute atomic E-state index is 13.3. The van der Waals surface area contributed by atoms with Crippen LogP contribution < -0.4 is 0 Å². The number of aryl methyl sites for hydroxylation is 2. The highest BCUT2D eigenvalue weighted by atomic mass is 16.1. The zero-order valence-corrected chi connectivity index (χ0v) is 27.1. The second-order valence-electron chi connectivity index (χ2n) is 15.5. The van der Waals surface area contributed by atoms with E-state index in [2.05, 4.69) is 98.7 Å². The fourth-order valence-corrected chi connectivity index (χ4v) is 11.4. The molecule has 0 aliphatic heterocycles. The van der Waals surface area contributed by atoms with E-state index in [1.54, 1.807) is 0 Å². The molecule has 4 saturated carbocycles. The number of likely N-dealkylation sites (N-methyl/N-ethyl adjacent to an activating group) is 2. The Morgan fingerprint density at radius 2 is 0.977 bits per heavy atom. The van der Waals surface area contributed by atoms with Gasteiger partial charge in [-0.15, -0.1) is 0 Å². The first-order chi connectivity index (χ1) is 21.2. The Hall–Kier alpha value is -2.82. The Kier molecular flexibility index (Phi) is 6.40. The van der Waals surface area contributed by atoms with Gasteiger partial charge in [-0.1, -0.05) is 86.4 Å². The summed E-state index contributed by atoms with van der Waals surface area (Å²) < 4.78 is 0. The topological polar surface area (TPSA) is 40.6 Å². The second-order valence-corrected chi connectivity index (χ2v) is 15.5. The Morgan fingerprint density at radius 3 is 1.34 bits per heavy atom. The molecule has 0 aromatic heterocycles. The SMILES string of the molecule is CN(C)[C@@]12CC(=O)[C@]3(C=C1c1ccc(CCc4ccc(C5=C[C@@]67CCCC[C@@H]6[C@]5(N(C)C)CC7=O)cc4)cc1)CCCC[C@@H]32. The van der Waals surface area contributed by atoms with Crippen molar-refractivity contribution >= 4 is 22.7 Å². The van der Waals surface area contributed by atoms with Gasteiger partial charge in [0.25, 0.3) is 0 Å².